The van der Waals surface area contributed by atoms with Crippen LogP contribution in [0.4, 0.5) is 0 Å². The van der Waals surface area contributed by atoms with E-state index in [-0.39, 0.29) is 40.6 Å². The van der Waals surface area contributed by atoms with Gasteiger partial charge in [0.05, 0.1) is 0 Å². The molecule has 0 aliphatic rings. The van der Waals surface area contributed by atoms with Crippen LogP contribution in [0.25, 0.3) is 30.7 Å². The van der Waals surface area contributed by atoms with E-state index in [4.69, 9.17) is 0 Å². The summed E-state index contributed by atoms with van der Waals surface area (Å²) < 4.78 is 6.06. The van der Waals surface area contributed by atoms with Crippen molar-refractivity contribution in [1.29, 1.82) is 0 Å². The Morgan fingerprint density at radius 1 is 0.515 bits per heavy atom. The Morgan fingerprint density at radius 3 is 1.30 bits per heavy atom. The summed E-state index contributed by atoms with van der Waals surface area (Å²) in [6.07, 6.45) is 0.805. The first kappa shape index (κ1) is 20.5. The first-order valence-corrected chi connectivity index (χ1v) is 13.8. The predicted octanol–water partition coefficient (Wildman–Crippen LogP) is 4.00. The third kappa shape index (κ3) is 3.72. The van der Waals surface area contributed by atoms with Crippen LogP contribution in [0, 0.1) is 0 Å². The van der Waals surface area contributed by atoms with Crippen molar-refractivity contribution in [3.63, 3.8) is 0 Å². The standard InChI is InChI=1S/C27H18N2O2Se2/c30-26-22-5-1-3-7-24(22)32-28(26)20-13-9-18(10-14-20)17-19-11-15-21(16-12-19)29-27(31)23-6-2-4-8-25(23)33-29/h1-16H,17H2. The fraction of sp³-hybridized carbons (Fsp3) is 0.0370. The van der Waals surface area contributed by atoms with Crippen molar-refractivity contribution in [2.45, 2.75) is 6.42 Å². The molecule has 4 nitrogen and oxygen atoms in total. The van der Waals surface area contributed by atoms with Gasteiger partial charge in [0.1, 0.15) is 0 Å². The van der Waals surface area contributed by atoms with E-state index in [1.54, 1.807) is 0 Å². The fourth-order valence-electron chi connectivity index (χ4n) is 4.02. The molecule has 4 aromatic carbocycles. The van der Waals surface area contributed by atoms with Crippen LogP contribution in [-0.4, -0.2) is 36.6 Å². The first-order valence-electron chi connectivity index (χ1n) is 10.6. The van der Waals surface area contributed by atoms with Crippen LogP contribution in [0.1, 0.15) is 11.1 Å². The average molecular weight is 560 g/mol. The number of nitrogens with zero attached hydrogens (tertiary/aromatic N) is 2. The van der Waals surface area contributed by atoms with Crippen LogP contribution < -0.4 is 11.1 Å². The van der Waals surface area contributed by atoms with Gasteiger partial charge < -0.3 is 0 Å². The van der Waals surface area contributed by atoms with E-state index in [1.807, 2.05) is 79.9 Å². The summed E-state index contributed by atoms with van der Waals surface area (Å²) in [7, 11) is 0. The Hall–Kier alpha value is -3.14. The third-order valence-corrected chi connectivity index (χ3v) is 10.4. The molecule has 2 aromatic heterocycles. The number of benzene rings is 4. The Labute approximate surface area is 201 Å². The molecule has 0 aliphatic heterocycles. The van der Waals surface area contributed by atoms with Gasteiger partial charge in [0.2, 0.25) is 0 Å². The summed E-state index contributed by atoms with van der Waals surface area (Å²) in [5.74, 6) is 0. The fourth-order valence-corrected chi connectivity index (χ4v) is 8.21. The van der Waals surface area contributed by atoms with E-state index >= 15 is 0 Å². The molecular weight excluding hydrogens is 542 g/mol. The Balaban J connectivity index is 1.24. The molecule has 0 N–H and O–H groups in total. The van der Waals surface area contributed by atoms with Gasteiger partial charge >= 0.3 is 203 Å². The van der Waals surface area contributed by atoms with Gasteiger partial charge in [0.15, 0.2) is 0 Å². The monoisotopic (exact) mass is 562 g/mol. The molecule has 0 unspecified atom stereocenters. The molecule has 0 spiro atoms. The molecule has 0 fully saturated rings. The Morgan fingerprint density at radius 2 is 0.909 bits per heavy atom. The maximum absolute atomic E-state index is 12.7. The van der Waals surface area contributed by atoms with Crippen molar-refractivity contribution < 1.29 is 0 Å². The van der Waals surface area contributed by atoms with Crippen LogP contribution in [0.2, 0.25) is 0 Å². The van der Waals surface area contributed by atoms with E-state index in [0.717, 1.165) is 37.1 Å². The average Bonchev–Trinajstić information content (AvgIpc) is 3.38. The van der Waals surface area contributed by atoms with Gasteiger partial charge in [0, 0.05) is 0 Å². The molecule has 160 valence electrons. The van der Waals surface area contributed by atoms with Crippen molar-refractivity contribution in [2.24, 2.45) is 0 Å². The van der Waals surface area contributed by atoms with Crippen LogP contribution >= 0.6 is 0 Å². The van der Waals surface area contributed by atoms with Crippen LogP contribution in [0.3, 0.4) is 0 Å². The second-order valence-electron chi connectivity index (χ2n) is 7.88. The number of aromatic nitrogens is 2. The zero-order valence-corrected chi connectivity index (χ0v) is 20.9. The van der Waals surface area contributed by atoms with Crippen molar-refractivity contribution in [3.05, 3.63) is 129 Å². The molecule has 0 atom stereocenters. The van der Waals surface area contributed by atoms with Gasteiger partial charge in [-0.1, -0.05) is 0 Å². The second kappa shape index (κ2) is 8.33. The number of fused-ring (bicyclic) bond motifs is 2. The number of hydrogen-bond donors (Lipinski definition) is 0. The van der Waals surface area contributed by atoms with Gasteiger partial charge in [-0.25, -0.2) is 0 Å². The molecule has 0 radical (unpaired) electrons. The van der Waals surface area contributed by atoms with Gasteiger partial charge in [-0.15, -0.1) is 0 Å². The Kier molecular flexibility index (Phi) is 5.16. The van der Waals surface area contributed by atoms with Crippen molar-refractivity contribution >= 4 is 48.8 Å². The first-order chi connectivity index (χ1) is 16.2. The summed E-state index contributed by atoms with van der Waals surface area (Å²) in [5.41, 5.74) is 4.46. The normalized spacial score (nSPS) is 11.4. The van der Waals surface area contributed by atoms with E-state index in [2.05, 4.69) is 24.3 Å². The SMILES string of the molecule is O=c1c2ccccc2[se]n1-c1ccc(Cc2ccc(-n3[se]c4ccccc4c3=O)cc2)cc1. The van der Waals surface area contributed by atoms with Gasteiger partial charge in [-0.2, -0.15) is 0 Å². The number of rotatable bonds is 4. The van der Waals surface area contributed by atoms with Crippen molar-refractivity contribution in [1.82, 2.24) is 7.12 Å². The quantitative estimate of drug-likeness (QED) is 0.306. The molecule has 0 bridgehead atoms. The van der Waals surface area contributed by atoms with Gasteiger partial charge in [-0.3, -0.25) is 0 Å². The third-order valence-electron chi connectivity index (χ3n) is 5.73. The summed E-state index contributed by atoms with van der Waals surface area (Å²) in [6, 6.07) is 32.3. The van der Waals surface area contributed by atoms with Crippen molar-refractivity contribution in [2.75, 3.05) is 0 Å². The molecule has 6 rings (SSSR count). The molecule has 6 heteroatoms. The summed E-state index contributed by atoms with van der Waals surface area (Å²) in [4.78, 5) is 25.4. The zero-order valence-electron chi connectivity index (χ0n) is 17.5. The molecular formula is C27H18N2O2Se2. The van der Waals surface area contributed by atoms with E-state index in [9.17, 15) is 9.59 Å². The Bertz CT molecular complexity index is 1590. The predicted molar refractivity (Wildman–Crippen MR) is 136 cm³/mol. The second-order valence-corrected chi connectivity index (χ2v) is 12.0. The number of hydrogen-bond acceptors (Lipinski definition) is 2. The molecule has 0 saturated carbocycles. The van der Waals surface area contributed by atoms with Crippen LogP contribution in [-0.2, 0) is 6.42 Å². The topological polar surface area (TPSA) is 44.0 Å². The van der Waals surface area contributed by atoms with E-state index in [1.165, 1.54) is 11.1 Å². The molecule has 6 aromatic rings. The van der Waals surface area contributed by atoms with Crippen LogP contribution in [0.5, 0.6) is 0 Å². The minimum absolute atomic E-state index is 0.0147. The van der Waals surface area contributed by atoms with Gasteiger partial charge in [0.25, 0.3) is 0 Å². The summed E-state index contributed by atoms with van der Waals surface area (Å²) in [6.45, 7) is 0. The molecule has 0 aliphatic carbocycles. The van der Waals surface area contributed by atoms with E-state index < -0.39 is 0 Å². The summed E-state index contributed by atoms with van der Waals surface area (Å²) in [5, 5.41) is 1.64. The van der Waals surface area contributed by atoms with Gasteiger partial charge in [-0.05, 0) is 0 Å². The molecule has 33 heavy (non-hydrogen) atoms. The maximum atomic E-state index is 12.7. The molecule has 2 heterocycles. The minimum atomic E-state index is -0.0147. The van der Waals surface area contributed by atoms with E-state index in [0.29, 0.717) is 0 Å². The molecule has 0 saturated heterocycles. The zero-order chi connectivity index (χ0) is 22.4. The molecule has 0 amide bonds. The van der Waals surface area contributed by atoms with Crippen molar-refractivity contribution in [3.8, 4) is 11.4 Å². The van der Waals surface area contributed by atoms with Crippen LogP contribution in [0.15, 0.2) is 107 Å². The summed E-state index contributed by atoms with van der Waals surface area (Å²) >= 11 is -0.0294.